The number of nitrogens with one attached hydrogen (secondary N) is 1. The van der Waals surface area contributed by atoms with Crippen LogP contribution in [-0.4, -0.2) is 45.0 Å². The number of H-pyrrole nitrogens is 1. The molecule has 7 nitrogen and oxygen atoms in total. The second-order valence-electron chi connectivity index (χ2n) is 13.1. The molecule has 0 aromatic carbocycles. The lowest BCUT2D eigenvalue weighted by atomic mass is 9.99. The predicted octanol–water partition coefficient (Wildman–Crippen LogP) is 5.82. The molecule has 0 aliphatic carbocycles. The minimum atomic E-state index is -2.16. The van der Waals surface area contributed by atoms with Gasteiger partial charge in [-0.1, -0.05) is 55.4 Å². The summed E-state index contributed by atoms with van der Waals surface area (Å²) in [7, 11) is -4.24. The maximum atomic E-state index is 12.6. The fraction of sp³-hybridized carbons (Fsp3) is 0.846. The van der Waals surface area contributed by atoms with Gasteiger partial charge in [0.2, 0.25) is 0 Å². The summed E-state index contributed by atoms with van der Waals surface area (Å²) in [5.41, 5.74) is -0.346. The van der Waals surface area contributed by atoms with Crippen LogP contribution in [0, 0.1) is 18.8 Å². The molecule has 1 N–H and O–H groups in total. The van der Waals surface area contributed by atoms with E-state index in [-0.39, 0.29) is 27.8 Å². The lowest BCUT2D eigenvalue weighted by molar-refractivity contribution is -0.0419. The smallest absolute Gasteiger partial charge is 0.330 e. The van der Waals surface area contributed by atoms with E-state index in [0.29, 0.717) is 30.4 Å². The molecule has 0 radical (unpaired) electrons. The Labute approximate surface area is 214 Å². The van der Waals surface area contributed by atoms with E-state index in [2.05, 4.69) is 86.6 Å². The Morgan fingerprint density at radius 3 is 2.06 bits per heavy atom. The first-order valence-electron chi connectivity index (χ1n) is 13.0. The lowest BCUT2D eigenvalue weighted by Gasteiger charge is -2.45. The summed E-state index contributed by atoms with van der Waals surface area (Å²) in [6, 6.07) is 0. The minimum Gasteiger partial charge on any atom is -0.414 e. The van der Waals surface area contributed by atoms with Crippen LogP contribution >= 0.6 is 0 Å². The van der Waals surface area contributed by atoms with Crippen molar-refractivity contribution in [1.82, 2.24) is 9.55 Å². The van der Waals surface area contributed by atoms with Crippen LogP contribution in [0.5, 0.6) is 0 Å². The van der Waals surface area contributed by atoms with E-state index in [4.69, 9.17) is 13.6 Å². The lowest BCUT2D eigenvalue weighted by Crippen LogP contribution is -2.51. The molecule has 0 bridgehead atoms. The van der Waals surface area contributed by atoms with Gasteiger partial charge in [0.25, 0.3) is 5.56 Å². The highest BCUT2D eigenvalue weighted by Gasteiger charge is 2.50. The predicted molar refractivity (Wildman–Crippen MR) is 148 cm³/mol. The molecule has 35 heavy (non-hydrogen) atoms. The number of nitrogens with zero attached hydrogens (tertiary/aromatic N) is 1. The van der Waals surface area contributed by atoms with E-state index >= 15 is 0 Å². The van der Waals surface area contributed by atoms with Crippen LogP contribution in [-0.2, 0) is 13.6 Å². The van der Waals surface area contributed by atoms with E-state index in [9.17, 15) is 9.59 Å². The summed E-state index contributed by atoms with van der Waals surface area (Å²) in [5, 5.41) is 0.136. The van der Waals surface area contributed by atoms with Gasteiger partial charge in [-0.15, -0.1) is 0 Å². The van der Waals surface area contributed by atoms with Crippen molar-refractivity contribution in [3.05, 3.63) is 32.6 Å². The van der Waals surface area contributed by atoms with Crippen molar-refractivity contribution in [2.45, 2.75) is 123 Å². The number of hydrogen-bond acceptors (Lipinski definition) is 5. The van der Waals surface area contributed by atoms with E-state index < -0.39 is 28.6 Å². The van der Waals surface area contributed by atoms with Crippen molar-refractivity contribution in [3.8, 4) is 0 Å². The molecule has 0 saturated carbocycles. The molecule has 2 heterocycles. The number of aromatic amines is 1. The van der Waals surface area contributed by atoms with E-state index in [0.717, 1.165) is 0 Å². The maximum Gasteiger partial charge on any atom is 0.330 e. The first-order valence-corrected chi connectivity index (χ1v) is 18.9. The van der Waals surface area contributed by atoms with Gasteiger partial charge in [-0.3, -0.25) is 14.3 Å². The first kappa shape index (κ1) is 30.2. The molecule has 1 aromatic heterocycles. The molecule has 1 fully saturated rings. The molecule has 1 aliphatic heterocycles. The number of hydrogen-bond donors (Lipinski definition) is 1. The number of aromatic nitrogens is 2. The Bertz CT molecular complexity index is 994. The third kappa shape index (κ3) is 6.11. The van der Waals surface area contributed by atoms with Crippen LogP contribution < -0.4 is 11.2 Å². The summed E-state index contributed by atoms with van der Waals surface area (Å²) in [5.74, 6) is 0.967. The van der Waals surface area contributed by atoms with Gasteiger partial charge in [0.15, 0.2) is 16.6 Å². The van der Waals surface area contributed by atoms with Gasteiger partial charge >= 0.3 is 5.69 Å². The third-order valence-electron chi connectivity index (χ3n) is 9.68. The van der Waals surface area contributed by atoms with Crippen molar-refractivity contribution in [2.75, 3.05) is 6.61 Å². The van der Waals surface area contributed by atoms with Gasteiger partial charge in [0.1, 0.15) is 12.3 Å². The summed E-state index contributed by atoms with van der Waals surface area (Å²) < 4.78 is 21.6. The summed E-state index contributed by atoms with van der Waals surface area (Å²) >= 11 is 0. The first-order chi connectivity index (χ1) is 15.7. The molecule has 0 spiro atoms. The summed E-state index contributed by atoms with van der Waals surface area (Å²) in [6.45, 7) is 29.4. The van der Waals surface area contributed by atoms with Crippen LogP contribution in [0.3, 0.4) is 0 Å². The summed E-state index contributed by atoms with van der Waals surface area (Å²) in [4.78, 5) is 26.9. The van der Waals surface area contributed by atoms with Crippen LogP contribution in [0.25, 0.3) is 0 Å². The largest absolute Gasteiger partial charge is 0.414 e. The van der Waals surface area contributed by atoms with Crippen molar-refractivity contribution in [3.63, 3.8) is 0 Å². The topological polar surface area (TPSA) is 82.6 Å². The van der Waals surface area contributed by atoms with Gasteiger partial charge in [0, 0.05) is 18.2 Å². The molecule has 1 saturated heterocycles. The van der Waals surface area contributed by atoms with Crippen LogP contribution in [0.1, 0.15) is 73.6 Å². The maximum absolute atomic E-state index is 12.6. The Hall–Kier alpha value is -1.01. The van der Waals surface area contributed by atoms with E-state index in [1.807, 2.05) is 0 Å². The monoisotopic (exact) mass is 526 g/mol. The average molecular weight is 527 g/mol. The average Bonchev–Trinajstić information content (AvgIpc) is 3.10. The Morgan fingerprint density at radius 2 is 1.54 bits per heavy atom. The van der Waals surface area contributed by atoms with Crippen molar-refractivity contribution in [2.24, 2.45) is 11.8 Å². The van der Waals surface area contributed by atoms with Crippen molar-refractivity contribution in [1.29, 1.82) is 0 Å². The second kappa shape index (κ2) is 10.4. The molecule has 3 atom stereocenters. The highest BCUT2D eigenvalue weighted by molar-refractivity contribution is 6.74. The molecule has 1 aliphatic rings. The number of aryl methyl sites for hydroxylation is 1. The van der Waals surface area contributed by atoms with Gasteiger partial charge in [-0.05, 0) is 55.0 Å². The molecule has 0 amide bonds. The van der Waals surface area contributed by atoms with Gasteiger partial charge in [0.05, 0.1) is 12.7 Å². The minimum absolute atomic E-state index is 0.0511. The molecule has 2 rings (SSSR count). The molecular formula is C26H50N2O5Si2. The number of ether oxygens (including phenoxy) is 1. The van der Waals surface area contributed by atoms with E-state index in [1.165, 1.54) is 4.57 Å². The fourth-order valence-electron chi connectivity index (χ4n) is 4.34. The normalized spacial score (nSPS) is 22.4. The zero-order chi connectivity index (χ0) is 27.1. The van der Waals surface area contributed by atoms with Crippen LogP contribution in [0.4, 0.5) is 0 Å². The molecule has 202 valence electrons. The van der Waals surface area contributed by atoms with Crippen LogP contribution in [0.2, 0.25) is 36.3 Å². The quantitative estimate of drug-likeness (QED) is 0.389. The van der Waals surface area contributed by atoms with Crippen LogP contribution in [0.15, 0.2) is 15.8 Å². The molecule has 9 heteroatoms. The second-order valence-corrected chi connectivity index (χ2v) is 22.2. The highest BCUT2D eigenvalue weighted by atomic mass is 28.4. The SMILES string of the molecule is Cc1cn([C@H]2C[C@H](O[Si](C)(C)C(C)(C)C(C)C)[C@@H](CO[Si](C)(C)C(C)(C)C(C)C)O2)c(=O)[nH]c1=O. The van der Waals surface area contributed by atoms with Crippen molar-refractivity contribution < 1.29 is 13.6 Å². The number of rotatable bonds is 10. The van der Waals surface area contributed by atoms with Gasteiger partial charge < -0.3 is 13.6 Å². The summed E-state index contributed by atoms with van der Waals surface area (Å²) in [6.07, 6.45) is 1.15. The Kier molecular flexibility index (Phi) is 8.98. The standard InChI is InChI=1S/C26H50N2O5Si2/c1-17(2)25(6,7)34(10,11)31-16-21-20(33-35(12,13)26(8,9)18(3)4)14-22(32-21)28-15-19(5)23(29)27-24(28)30/h15,17-18,20-22H,14,16H2,1-13H3,(H,27,29,30)/t20-,21+,22+/m0/s1. The van der Waals surface area contributed by atoms with Gasteiger partial charge in [-0.25, -0.2) is 4.79 Å². The third-order valence-corrected chi connectivity index (χ3v) is 18.8. The molecule has 1 aromatic rings. The Balaban J connectivity index is 2.37. The zero-order valence-corrected chi connectivity index (χ0v) is 26.4. The highest BCUT2D eigenvalue weighted by Crippen LogP contribution is 2.48. The molecule has 0 unspecified atom stereocenters. The van der Waals surface area contributed by atoms with Gasteiger partial charge in [-0.2, -0.15) is 0 Å². The zero-order valence-electron chi connectivity index (χ0n) is 24.4. The van der Waals surface area contributed by atoms with Crippen molar-refractivity contribution >= 4 is 16.6 Å². The fourth-order valence-corrected chi connectivity index (χ4v) is 9.38. The molecular weight excluding hydrogens is 476 g/mol. The Morgan fingerprint density at radius 1 is 1.03 bits per heavy atom. The van der Waals surface area contributed by atoms with E-state index in [1.54, 1.807) is 13.1 Å².